The minimum atomic E-state index is -0.185. The summed E-state index contributed by atoms with van der Waals surface area (Å²) in [6.45, 7) is 0.829. The van der Waals surface area contributed by atoms with Gasteiger partial charge < -0.3 is 4.74 Å². The third-order valence-corrected chi connectivity index (χ3v) is 4.25. The van der Waals surface area contributed by atoms with Gasteiger partial charge in [0.2, 0.25) is 0 Å². The molecule has 0 spiro atoms. The third kappa shape index (κ3) is 3.91. The first kappa shape index (κ1) is 13.3. The van der Waals surface area contributed by atoms with E-state index in [-0.39, 0.29) is 11.9 Å². The van der Waals surface area contributed by atoms with Crippen LogP contribution in [-0.2, 0) is 4.74 Å². The van der Waals surface area contributed by atoms with Gasteiger partial charge in [-0.05, 0) is 30.0 Å². The van der Waals surface area contributed by atoms with Crippen molar-refractivity contribution in [1.29, 1.82) is 0 Å². The first-order valence-corrected chi connectivity index (χ1v) is 7.75. The number of benzene rings is 1. The highest BCUT2D eigenvalue weighted by Crippen LogP contribution is 2.30. The molecule has 0 aliphatic heterocycles. The smallest absolute Gasteiger partial charge is 0.123 e. The number of halogens is 2. The Kier molecular flexibility index (Phi) is 5.22. The van der Waals surface area contributed by atoms with Gasteiger partial charge in [-0.1, -0.05) is 54.0 Å². The molecule has 1 saturated carbocycles. The average molecular weight is 348 g/mol. The molecule has 0 heterocycles. The normalized spacial score (nSPS) is 17.8. The van der Waals surface area contributed by atoms with Crippen LogP contribution in [0.25, 0.3) is 0 Å². The Hall–Kier alpha value is -0.160. The monoisotopic (exact) mass is 348 g/mol. The second kappa shape index (κ2) is 6.69. The summed E-state index contributed by atoms with van der Waals surface area (Å²) in [6.07, 6.45) is 5.41. The Labute approximate surface area is 116 Å². The van der Waals surface area contributed by atoms with Crippen molar-refractivity contribution in [3.63, 3.8) is 0 Å². The maximum Gasteiger partial charge on any atom is 0.123 e. The van der Waals surface area contributed by atoms with Crippen molar-refractivity contribution in [2.24, 2.45) is 5.92 Å². The first-order chi connectivity index (χ1) is 8.29. The Morgan fingerprint density at radius 1 is 1.29 bits per heavy atom. The van der Waals surface area contributed by atoms with E-state index in [4.69, 9.17) is 4.74 Å². The summed E-state index contributed by atoms with van der Waals surface area (Å²) < 4.78 is 19.6. The van der Waals surface area contributed by atoms with Gasteiger partial charge in [-0.3, -0.25) is 0 Å². The summed E-state index contributed by atoms with van der Waals surface area (Å²) in [5.74, 6) is 0.702. The van der Waals surface area contributed by atoms with E-state index >= 15 is 0 Å². The lowest BCUT2D eigenvalue weighted by atomic mass is 9.83. The molecular formula is C14H18FIO. The maximum absolute atomic E-state index is 12.8. The van der Waals surface area contributed by atoms with Crippen molar-refractivity contribution >= 4 is 22.6 Å². The van der Waals surface area contributed by atoms with Crippen LogP contribution in [0.4, 0.5) is 4.39 Å². The molecular weight excluding hydrogens is 330 g/mol. The van der Waals surface area contributed by atoms with E-state index in [2.05, 4.69) is 22.6 Å². The van der Waals surface area contributed by atoms with Crippen molar-refractivity contribution in [1.82, 2.24) is 0 Å². The van der Waals surface area contributed by atoms with Crippen LogP contribution in [0, 0.1) is 11.7 Å². The second-order valence-electron chi connectivity index (χ2n) is 4.65. The summed E-state index contributed by atoms with van der Waals surface area (Å²) in [5, 5.41) is 0. The summed E-state index contributed by atoms with van der Waals surface area (Å²) in [7, 11) is 0. The van der Waals surface area contributed by atoms with Gasteiger partial charge in [0.25, 0.3) is 0 Å². The quantitative estimate of drug-likeness (QED) is 0.543. The Morgan fingerprint density at radius 2 is 2.00 bits per heavy atom. The van der Waals surface area contributed by atoms with Crippen LogP contribution in [0.15, 0.2) is 24.3 Å². The predicted molar refractivity (Wildman–Crippen MR) is 75.9 cm³/mol. The lowest BCUT2D eigenvalue weighted by Crippen LogP contribution is -2.15. The molecule has 2 rings (SSSR count). The number of alkyl halides is 1. The summed E-state index contributed by atoms with van der Waals surface area (Å²) >= 11 is 2.32. The maximum atomic E-state index is 12.8. The minimum Gasteiger partial charge on any atom is -0.373 e. The van der Waals surface area contributed by atoms with Gasteiger partial charge >= 0.3 is 0 Å². The largest absolute Gasteiger partial charge is 0.373 e. The molecule has 1 fully saturated rings. The molecule has 0 amide bonds. The van der Waals surface area contributed by atoms with Crippen LogP contribution in [0.5, 0.6) is 0 Å². The molecule has 0 saturated heterocycles. The van der Waals surface area contributed by atoms with Crippen LogP contribution in [0.1, 0.15) is 37.4 Å². The van der Waals surface area contributed by atoms with Gasteiger partial charge in [0, 0.05) is 11.0 Å². The van der Waals surface area contributed by atoms with E-state index < -0.39 is 0 Å². The van der Waals surface area contributed by atoms with E-state index in [1.165, 1.54) is 37.8 Å². The van der Waals surface area contributed by atoms with Crippen LogP contribution in [0.3, 0.4) is 0 Å². The van der Waals surface area contributed by atoms with Crippen molar-refractivity contribution in [3.8, 4) is 0 Å². The van der Waals surface area contributed by atoms with Gasteiger partial charge in [-0.2, -0.15) is 0 Å². The molecule has 1 unspecified atom stereocenters. The number of hydrogen-bond acceptors (Lipinski definition) is 1. The van der Waals surface area contributed by atoms with E-state index in [1.807, 2.05) is 12.1 Å². The van der Waals surface area contributed by atoms with Gasteiger partial charge in [0.05, 0.1) is 6.10 Å². The fourth-order valence-corrected chi connectivity index (χ4v) is 2.83. The third-order valence-electron chi connectivity index (χ3n) is 3.45. The topological polar surface area (TPSA) is 9.23 Å². The summed E-state index contributed by atoms with van der Waals surface area (Å²) in [4.78, 5) is 0. The lowest BCUT2D eigenvalue weighted by Gasteiger charge is -2.26. The van der Waals surface area contributed by atoms with Crippen molar-refractivity contribution in [3.05, 3.63) is 35.6 Å². The fraction of sp³-hybridized carbons (Fsp3) is 0.571. The zero-order valence-electron chi connectivity index (χ0n) is 9.87. The van der Waals surface area contributed by atoms with Crippen molar-refractivity contribution in [2.75, 3.05) is 11.0 Å². The standard InChI is InChI=1S/C14H18FIO/c15-13-6-4-12(5-7-13)14(10-16)17-9-8-11-2-1-3-11/h4-7,11,14H,1-3,8-10H2. The Morgan fingerprint density at radius 3 is 2.53 bits per heavy atom. The van der Waals surface area contributed by atoms with Crippen molar-refractivity contribution < 1.29 is 9.13 Å². The van der Waals surface area contributed by atoms with Crippen LogP contribution in [-0.4, -0.2) is 11.0 Å². The van der Waals surface area contributed by atoms with E-state index in [1.54, 1.807) is 0 Å². The molecule has 17 heavy (non-hydrogen) atoms. The van der Waals surface area contributed by atoms with Gasteiger partial charge in [-0.15, -0.1) is 0 Å². The van der Waals surface area contributed by atoms with Gasteiger partial charge in [-0.25, -0.2) is 4.39 Å². The molecule has 0 radical (unpaired) electrons. The highest BCUT2D eigenvalue weighted by molar-refractivity contribution is 14.1. The SMILES string of the molecule is Fc1ccc(C(CI)OCCC2CCC2)cc1. The zero-order valence-corrected chi connectivity index (χ0v) is 12.0. The number of hydrogen-bond donors (Lipinski definition) is 0. The second-order valence-corrected chi connectivity index (χ2v) is 5.53. The summed E-state index contributed by atoms with van der Waals surface area (Å²) in [5.41, 5.74) is 1.08. The van der Waals surface area contributed by atoms with E-state index in [0.29, 0.717) is 0 Å². The number of rotatable bonds is 6. The molecule has 1 atom stereocenters. The minimum absolute atomic E-state index is 0.108. The molecule has 94 valence electrons. The molecule has 1 aliphatic carbocycles. The molecule has 0 N–H and O–H groups in total. The van der Waals surface area contributed by atoms with Crippen LogP contribution < -0.4 is 0 Å². The first-order valence-electron chi connectivity index (χ1n) is 6.22. The molecule has 3 heteroatoms. The average Bonchev–Trinajstić information content (AvgIpc) is 2.29. The van der Waals surface area contributed by atoms with Gasteiger partial charge in [0.15, 0.2) is 0 Å². The van der Waals surface area contributed by atoms with Gasteiger partial charge in [0.1, 0.15) is 5.82 Å². The molecule has 1 nitrogen and oxygen atoms in total. The highest BCUT2D eigenvalue weighted by Gasteiger charge is 2.18. The van der Waals surface area contributed by atoms with E-state index in [9.17, 15) is 4.39 Å². The Bertz CT molecular complexity index is 335. The molecule has 1 aliphatic rings. The Balaban J connectivity index is 1.80. The molecule has 0 bridgehead atoms. The molecule has 1 aromatic carbocycles. The van der Waals surface area contributed by atoms with Crippen LogP contribution in [0.2, 0.25) is 0 Å². The van der Waals surface area contributed by atoms with E-state index in [0.717, 1.165) is 22.5 Å². The lowest BCUT2D eigenvalue weighted by molar-refractivity contribution is 0.0530. The number of ether oxygens (including phenoxy) is 1. The predicted octanol–water partition coefficient (Wildman–Crippen LogP) is 4.51. The molecule has 0 aromatic heterocycles. The summed E-state index contributed by atoms with van der Waals surface area (Å²) in [6, 6.07) is 6.65. The highest BCUT2D eigenvalue weighted by atomic mass is 127. The molecule has 1 aromatic rings. The zero-order chi connectivity index (χ0) is 12.1. The van der Waals surface area contributed by atoms with Crippen LogP contribution >= 0.6 is 22.6 Å². The van der Waals surface area contributed by atoms with Crippen molar-refractivity contribution in [2.45, 2.75) is 31.8 Å². The fourth-order valence-electron chi connectivity index (χ4n) is 2.07.